The molecule has 1 heteroatoms. The van der Waals surface area contributed by atoms with Crippen LogP contribution in [0.25, 0.3) is 0 Å². The molecule has 0 aromatic heterocycles. The molecule has 0 aromatic rings. The summed E-state index contributed by atoms with van der Waals surface area (Å²) in [6.07, 6.45) is 19.1. The molecule has 0 spiro atoms. The monoisotopic (exact) mass is 322 g/mol. The highest BCUT2D eigenvalue weighted by atomic mass is 16.5. The molecule has 2 fully saturated rings. The van der Waals surface area contributed by atoms with Crippen molar-refractivity contribution >= 4 is 0 Å². The Morgan fingerprint density at radius 3 is 2.13 bits per heavy atom. The van der Waals surface area contributed by atoms with E-state index in [1.807, 2.05) is 0 Å². The van der Waals surface area contributed by atoms with Gasteiger partial charge >= 0.3 is 0 Å². The number of ether oxygens (including phenoxy) is 1. The van der Waals surface area contributed by atoms with Gasteiger partial charge in [0, 0.05) is 6.61 Å². The van der Waals surface area contributed by atoms with Crippen molar-refractivity contribution in [3.63, 3.8) is 0 Å². The molecule has 3 atom stereocenters. The molecule has 3 unspecified atom stereocenters. The van der Waals surface area contributed by atoms with Crippen molar-refractivity contribution in [2.75, 3.05) is 6.61 Å². The molecule has 0 bridgehead atoms. The number of rotatable bonds is 9. The normalized spacial score (nSPS) is 35.3. The molecule has 2 saturated carbocycles. The Morgan fingerprint density at radius 1 is 0.783 bits per heavy atom. The lowest BCUT2D eigenvalue weighted by atomic mass is 9.68. The second kappa shape index (κ2) is 10.7. The van der Waals surface area contributed by atoms with Gasteiger partial charge in [-0.15, -0.1) is 0 Å². The predicted molar refractivity (Wildman–Crippen MR) is 101 cm³/mol. The van der Waals surface area contributed by atoms with Gasteiger partial charge in [0.1, 0.15) is 0 Å². The van der Waals surface area contributed by atoms with Gasteiger partial charge in [0.2, 0.25) is 0 Å². The van der Waals surface area contributed by atoms with Crippen LogP contribution >= 0.6 is 0 Å². The molecule has 0 saturated heterocycles. The van der Waals surface area contributed by atoms with Crippen molar-refractivity contribution in [2.24, 2.45) is 23.7 Å². The Kier molecular flexibility index (Phi) is 9.01. The van der Waals surface area contributed by atoms with E-state index in [-0.39, 0.29) is 0 Å². The van der Waals surface area contributed by atoms with Gasteiger partial charge in [0.25, 0.3) is 0 Å². The van der Waals surface area contributed by atoms with Crippen LogP contribution in [0.3, 0.4) is 0 Å². The third-order valence-corrected chi connectivity index (χ3v) is 6.74. The molecule has 0 amide bonds. The standard InChI is InChI=1S/C22H42O/c1-4-6-8-9-19-10-12-20(13-11-19)21-14-15-22(18(3)17-21)23-16-7-5-2/h18-22H,4-17H2,1-3H3. The highest BCUT2D eigenvalue weighted by Gasteiger charge is 2.34. The summed E-state index contributed by atoms with van der Waals surface area (Å²) in [4.78, 5) is 0. The van der Waals surface area contributed by atoms with E-state index in [1.165, 1.54) is 83.5 Å². The third-order valence-electron chi connectivity index (χ3n) is 6.74. The van der Waals surface area contributed by atoms with Gasteiger partial charge < -0.3 is 4.74 Å². The van der Waals surface area contributed by atoms with Crippen LogP contribution < -0.4 is 0 Å². The van der Waals surface area contributed by atoms with Crippen molar-refractivity contribution < 1.29 is 4.74 Å². The third kappa shape index (κ3) is 6.40. The van der Waals surface area contributed by atoms with Gasteiger partial charge in [-0.05, 0) is 62.2 Å². The first kappa shape index (κ1) is 19.3. The highest BCUT2D eigenvalue weighted by molar-refractivity contribution is 4.85. The zero-order valence-electron chi connectivity index (χ0n) is 16.2. The first-order valence-electron chi connectivity index (χ1n) is 10.9. The van der Waals surface area contributed by atoms with Crippen molar-refractivity contribution in [1.82, 2.24) is 0 Å². The molecule has 0 N–H and O–H groups in total. The Bertz CT molecular complexity index is 292. The molecule has 136 valence electrons. The van der Waals surface area contributed by atoms with E-state index in [0.29, 0.717) is 6.10 Å². The Hall–Kier alpha value is -0.0400. The average molecular weight is 323 g/mol. The Morgan fingerprint density at radius 2 is 1.48 bits per heavy atom. The van der Waals surface area contributed by atoms with Gasteiger partial charge in [-0.3, -0.25) is 0 Å². The van der Waals surface area contributed by atoms with E-state index in [9.17, 15) is 0 Å². The quantitative estimate of drug-likeness (QED) is 0.415. The molecule has 1 nitrogen and oxygen atoms in total. The van der Waals surface area contributed by atoms with E-state index < -0.39 is 0 Å². The second-order valence-electron chi connectivity index (χ2n) is 8.59. The minimum absolute atomic E-state index is 0.559. The molecule has 0 aromatic carbocycles. The summed E-state index contributed by atoms with van der Waals surface area (Å²) in [6, 6.07) is 0. The minimum Gasteiger partial charge on any atom is -0.378 e. The van der Waals surface area contributed by atoms with Crippen LogP contribution in [-0.2, 0) is 4.74 Å². The summed E-state index contributed by atoms with van der Waals surface area (Å²) in [5.74, 6) is 3.89. The predicted octanol–water partition coefficient (Wildman–Crippen LogP) is 6.99. The van der Waals surface area contributed by atoms with E-state index in [2.05, 4.69) is 20.8 Å². The first-order chi connectivity index (χ1) is 11.2. The summed E-state index contributed by atoms with van der Waals surface area (Å²) in [5, 5.41) is 0. The number of unbranched alkanes of at least 4 members (excludes halogenated alkanes) is 3. The smallest absolute Gasteiger partial charge is 0.0600 e. The van der Waals surface area contributed by atoms with Gasteiger partial charge in [0.15, 0.2) is 0 Å². The first-order valence-corrected chi connectivity index (χ1v) is 10.9. The van der Waals surface area contributed by atoms with Crippen molar-refractivity contribution in [3.8, 4) is 0 Å². The van der Waals surface area contributed by atoms with Crippen LogP contribution in [0.2, 0.25) is 0 Å². The lowest BCUT2D eigenvalue weighted by Crippen LogP contribution is -2.34. The van der Waals surface area contributed by atoms with Crippen LogP contribution in [0.5, 0.6) is 0 Å². The fourth-order valence-corrected chi connectivity index (χ4v) is 5.10. The van der Waals surface area contributed by atoms with Crippen LogP contribution in [-0.4, -0.2) is 12.7 Å². The molecule has 2 rings (SSSR count). The summed E-state index contributed by atoms with van der Waals surface area (Å²) in [5.41, 5.74) is 0. The van der Waals surface area contributed by atoms with Crippen molar-refractivity contribution in [3.05, 3.63) is 0 Å². The van der Waals surface area contributed by atoms with Gasteiger partial charge in [-0.2, -0.15) is 0 Å². The molecule has 2 aliphatic rings. The molecule has 0 aliphatic heterocycles. The van der Waals surface area contributed by atoms with Crippen LogP contribution in [0.1, 0.15) is 104 Å². The van der Waals surface area contributed by atoms with Crippen LogP contribution in [0.15, 0.2) is 0 Å². The fraction of sp³-hybridized carbons (Fsp3) is 1.00. The van der Waals surface area contributed by atoms with E-state index in [1.54, 1.807) is 0 Å². The highest BCUT2D eigenvalue weighted by Crippen LogP contribution is 2.43. The summed E-state index contributed by atoms with van der Waals surface area (Å²) >= 11 is 0. The summed E-state index contributed by atoms with van der Waals surface area (Å²) < 4.78 is 6.14. The number of hydrogen-bond donors (Lipinski definition) is 0. The molecular weight excluding hydrogens is 280 g/mol. The molecule has 0 radical (unpaired) electrons. The Labute approximate surface area is 146 Å². The van der Waals surface area contributed by atoms with Crippen molar-refractivity contribution in [1.29, 1.82) is 0 Å². The second-order valence-corrected chi connectivity index (χ2v) is 8.59. The minimum atomic E-state index is 0.559. The van der Waals surface area contributed by atoms with Gasteiger partial charge in [0.05, 0.1) is 6.10 Å². The maximum absolute atomic E-state index is 6.14. The summed E-state index contributed by atoms with van der Waals surface area (Å²) in [6.45, 7) is 8.00. The fourth-order valence-electron chi connectivity index (χ4n) is 5.10. The van der Waals surface area contributed by atoms with Crippen molar-refractivity contribution in [2.45, 2.75) is 110 Å². The van der Waals surface area contributed by atoms with Crippen LogP contribution in [0, 0.1) is 23.7 Å². The largest absolute Gasteiger partial charge is 0.378 e. The van der Waals surface area contributed by atoms with Gasteiger partial charge in [-0.25, -0.2) is 0 Å². The lowest BCUT2D eigenvalue weighted by molar-refractivity contribution is -0.0286. The van der Waals surface area contributed by atoms with E-state index in [0.717, 1.165) is 30.3 Å². The van der Waals surface area contributed by atoms with Gasteiger partial charge in [-0.1, -0.05) is 65.7 Å². The average Bonchev–Trinajstić information content (AvgIpc) is 2.57. The topological polar surface area (TPSA) is 9.23 Å². The SMILES string of the molecule is CCCCCC1CCC(C2CCC(OCCCC)C(C)C2)CC1. The maximum Gasteiger partial charge on any atom is 0.0600 e. The molecule has 2 aliphatic carbocycles. The number of hydrogen-bond acceptors (Lipinski definition) is 1. The molecule has 23 heavy (non-hydrogen) atoms. The lowest BCUT2D eigenvalue weighted by Gasteiger charge is -2.40. The van der Waals surface area contributed by atoms with E-state index >= 15 is 0 Å². The van der Waals surface area contributed by atoms with E-state index in [4.69, 9.17) is 4.74 Å². The Balaban J connectivity index is 1.65. The zero-order valence-corrected chi connectivity index (χ0v) is 16.2. The molecular formula is C22H42O. The zero-order chi connectivity index (χ0) is 16.5. The van der Waals surface area contributed by atoms with Crippen LogP contribution in [0.4, 0.5) is 0 Å². The summed E-state index contributed by atoms with van der Waals surface area (Å²) in [7, 11) is 0. The maximum atomic E-state index is 6.14. The molecule has 0 heterocycles.